The van der Waals surface area contributed by atoms with Crippen molar-refractivity contribution in [3.63, 3.8) is 0 Å². The number of aryl methyl sites for hydroxylation is 2. The molecule has 0 radical (unpaired) electrons. The molecule has 1 heterocycles. The summed E-state index contributed by atoms with van der Waals surface area (Å²) in [5, 5.41) is 11.1. The number of halogens is 1. The minimum atomic E-state index is 0.689. The summed E-state index contributed by atoms with van der Waals surface area (Å²) in [6.07, 6.45) is 1.86. The lowest BCUT2D eigenvalue weighted by molar-refractivity contribution is 0.812. The second kappa shape index (κ2) is 5.58. The first-order chi connectivity index (χ1) is 8.20. The van der Waals surface area contributed by atoms with E-state index in [1.807, 2.05) is 25.1 Å². The number of hydrogen-bond donors (Lipinski definition) is 1. The summed E-state index contributed by atoms with van der Waals surface area (Å²) < 4.78 is 0. The number of rotatable bonds is 4. The molecule has 0 aliphatic rings. The monoisotopic (exact) mass is 267 g/mol. The average Bonchev–Trinajstić information content (AvgIpc) is 2.79. The average molecular weight is 268 g/mol. The highest BCUT2D eigenvalue weighted by Crippen LogP contribution is 2.27. The van der Waals surface area contributed by atoms with Gasteiger partial charge in [-0.25, -0.2) is 0 Å². The van der Waals surface area contributed by atoms with Crippen LogP contribution in [0.2, 0.25) is 5.02 Å². The first-order valence-electron chi connectivity index (χ1n) is 5.49. The summed E-state index contributed by atoms with van der Waals surface area (Å²) in [5.41, 5.74) is 7.60. The predicted molar refractivity (Wildman–Crippen MR) is 72.5 cm³/mol. The van der Waals surface area contributed by atoms with Gasteiger partial charge in [-0.2, -0.15) is 0 Å². The molecule has 0 bridgehead atoms. The van der Waals surface area contributed by atoms with Gasteiger partial charge >= 0.3 is 0 Å². The van der Waals surface area contributed by atoms with Gasteiger partial charge in [0, 0.05) is 17.0 Å². The Morgan fingerprint density at radius 2 is 2.18 bits per heavy atom. The molecule has 1 aromatic heterocycles. The zero-order valence-corrected chi connectivity index (χ0v) is 11.2. The van der Waals surface area contributed by atoms with Crippen molar-refractivity contribution in [2.45, 2.75) is 19.8 Å². The Morgan fingerprint density at radius 3 is 2.88 bits per heavy atom. The lowest BCUT2D eigenvalue weighted by atomic mass is 10.1. The molecule has 5 heteroatoms. The summed E-state index contributed by atoms with van der Waals surface area (Å²) in [6.45, 7) is 2.68. The van der Waals surface area contributed by atoms with Crippen LogP contribution in [0.4, 0.5) is 0 Å². The summed E-state index contributed by atoms with van der Waals surface area (Å²) in [4.78, 5) is 0. The first-order valence-corrected chi connectivity index (χ1v) is 6.69. The van der Waals surface area contributed by atoms with Crippen LogP contribution in [0.3, 0.4) is 0 Å². The normalized spacial score (nSPS) is 10.8. The summed E-state index contributed by atoms with van der Waals surface area (Å²) in [5.74, 6) is 0. The molecule has 17 heavy (non-hydrogen) atoms. The topological polar surface area (TPSA) is 51.8 Å². The van der Waals surface area contributed by atoms with Crippen molar-refractivity contribution in [3.05, 3.63) is 33.8 Å². The Hall–Kier alpha value is -0.970. The van der Waals surface area contributed by atoms with E-state index in [0.717, 1.165) is 39.0 Å². The Balaban J connectivity index is 2.21. The molecule has 0 aliphatic carbocycles. The largest absolute Gasteiger partial charge is 0.330 e. The molecule has 1 aromatic carbocycles. The minimum Gasteiger partial charge on any atom is -0.330 e. The van der Waals surface area contributed by atoms with Gasteiger partial charge in [0.1, 0.15) is 10.0 Å². The second-order valence-corrected chi connectivity index (χ2v) is 5.33. The van der Waals surface area contributed by atoms with E-state index in [0.29, 0.717) is 6.54 Å². The van der Waals surface area contributed by atoms with Gasteiger partial charge < -0.3 is 5.73 Å². The molecular formula is C12H14ClN3S. The number of aromatic nitrogens is 2. The van der Waals surface area contributed by atoms with Crippen molar-refractivity contribution >= 4 is 22.9 Å². The quantitative estimate of drug-likeness (QED) is 0.926. The van der Waals surface area contributed by atoms with Gasteiger partial charge in [-0.05, 0) is 37.6 Å². The molecule has 90 valence electrons. The number of nitrogens with zero attached hydrogens (tertiary/aromatic N) is 2. The highest BCUT2D eigenvalue weighted by Gasteiger charge is 2.07. The highest BCUT2D eigenvalue weighted by molar-refractivity contribution is 7.14. The molecule has 0 amide bonds. The molecule has 2 aromatic rings. The molecule has 3 nitrogen and oxygen atoms in total. The van der Waals surface area contributed by atoms with Crippen molar-refractivity contribution in [1.82, 2.24) is 10.2 Å². The molecule has 2 rings (SSSR count). The van der Waals surface area contributed by atoms with Crippen molar-refractivity contribution < 1.29 is 0 Å². The van der Waals surface area contributed by atoms with Gasteiger partial charge in [-0.1, -0.05) is 29.0 Å². The van der Waals surface area contributed by atoms with Crippen molar-refractivity contribution in [1.29, 1.82) is 0 Å². The third-order valence-electron chi connectivity index (χ3n) is 2.47. The Morgan fingerprint density at radius 1 is 1.35 bits per heavy atom. The van der Waals surface area contributed by atoms with E-state index in [9.17, 15) is 0 Å². The molecule has 2 N–H and O–H groups in total. The van der Waals surface area contributed by atoms with E-state index < -0.39 is 0 Å². The van der Waals surface area contributed by atoms with E-state index in [2.05, 4.69) is 10.2 Å². The molecule has 0 fully saturated rings. The second-order valence-electron chi connectivity index (χ2n) is 3.86. The van der Waals surface area contributed by atoms with Crippen LogP contribution in [-0.2, 0) is 6.42 Å². The molecule has 0 saturated heterocycles. The lowest BCUT2D eigenvalue weighted by Gasteiger charge is -1.99. The van der Waals surface area contributed by atoms with Crippen LogP contribution in [0.25, 0.3) is 10.6 Å². The van der Waals surface area contributed by atoms with Gasteiger partial charge in [0.25, 0.3) is 0 Å². The Labute approximate surface area is 110 Å². The predicted octanol–water partition coefficient (Wildman–Crippen LogP) is 3.06. The fourth-order valence-corrected chi connectivity index (χ4v) is 2.50. The van der Waals surface area contributed by atoms with Gasteiger partial charge in [0.05, 0.1) is 0 Å². The van der Waals surface area contributed by atoms with Crippen molar-refractivity contribution in [2.75, 3.05) is 6.54 Å². The number of benzene rings is 1. The standard InChI is InChI=1S/C12H14ClN3S/c1-8-7-9(4-5-10(8)13)12-16-15-11(17-12)3-2-6-14/h4-5,7H,2-3,6,14H2,1H3. The van der Waals surface area contributed by atoms with Crippen LogP contribution in [0.5, 0.6) is 0 Å². The fourth-order valence-electron chi connectivity index (χ4n) is 1.50. The lowest BCUT2D eigenvalue weighted by Crippen LogP contribution is -1.99. The van der Waals surface area contributed by atoms with Crippen LogP contribution in [0.1, 0.15) is 17.0 Å². The van der Waals surface area contributed by atoms with E-state index in [1.165, 1.54) is 0 Å². The number of nitrogens with two attached hydrogens (primary N) is 1. The van der Waals surface area contributed by atoms with E-state index >= 15 is 0 Å². The van der Waals surface area contributed by atoms with Crippen LogP contribution in [0, 0.1) is 6.92 Å². The van der Waals surface area contributed by atoms with E-state index in [1.54, 1.807) is 11.3 Å². The van der Waals surface area contributed by atoms with Gasteiger partial charge in [-0.15, -0.1) is 10.2 Å². The zero-order valence-electron chi connectivity index (χ0n) is 9.61. The summed E-state index contributed by atoms with van der Waals surface area (Å²) in [6, 6.07) is 5.91. The van der Waals surface area contributed by atoms with Crippen molar-refractivity contribution in [2.24, 2.45) is 5.73 Å². The van der Waals surface area contributed by atoms with Crippen LogP contribution in [0.15, 0.2) is 18.2 Å². The smallest absolute Gasteiger partial charge is 0.147 e. The Bertz CT molecular complexity index is 510. The maximum Gasteiger partial charge on any atom is 0.147 e. The van der Waals surface area contributed by atoms with Gasteiger partial charge in [0.2, 0.25) is 0 Å². The maximum absolute atomic E-state index is 6.00. The Kier molecular flexibility index (Phi) is 4.10. The SMILES string of the molecule is Cc1cc(-c2nnc(CCCN)s2)ccc1Cl. The minimum absolute atomic E-state index is 0.689. The van der Waals surface area contributed by atoms with E-state index in [-0.39, 0.29) is 0 Å². The van der Waals surface area contributed by atoms with Gasteiger partial charge in [0.15, 0.2) is 0 Å². The summed E-state index contributed by atoms with van der Waals surface area (Å²) >= 11 is 7.61. The molecule has 0 unspecified atom stereocenters. The van der Waals surface area contributed by atoms with E-state index in [4.69, 9.17) is 17.3 Å². The van der Waals surface area contributed by atoms with Crippen LogP contribution < -0.4 is 5.73 Å². The fraction of sp³-hybridized carbons (Fsp3) is 0.333. The molecule has 0 spiro atoms. The molecule has 0 atom stereocenters. The molecule has 0 saturated carbocycles. The van der Waals surface area contributed by atoms with Crippen LogP contribution in [-0.4, -0.2) is 16.7 Å². The highest BCUT2D eigenvalue weighted by atomic mass is 35.5. The maximum atomic E-state index is 6.00. The molecular weight excluding hydrogens is 254 g/mol. The third-order valence-corrected chi connectivity index (χ3v) is 3.92. The number of hydrogen-bond acceptors (Lipinski definition) is 4. The first kappa shape index (κ1) is 12.5. The zero-order chi connectivity index (χ0) is 12.3. The van der Waals surface area contributed by atoms with Gasteiger partial charge in [-0.3, -0.25) is 0 Å². The summed E-state index contributed by atoms with van der Waals surface area (Å²) in [7, 11) is 0. The van der Waals surface area contributed by atoms with Crippen molar-refractivity contribution in [3.8, 4) is 10.6 Å². The third kappa shape index (κ3) is 3.03. The van der Waals surface area contributed by atoms with Crippen LogP contribution >= 0.6 is 22.9 Å². The molecule has 0 aliphatic heterocycles.